The Kier molecular flexibility index (Phi) is 8.74. The minimum absolute atomic E-state index is 0.750. The van der Waals surface area contributed by atoms with Crippen molar-refractivity contribution in [3.8, 4) is 0 Å². The summed E-state index contributed by atoms with van der Waals surface area (Å²) in [5.41, 5.74) is 2.68. The van der Waals surface area contributed by atoms with Gasteiger partial charge in [0, 0.05) is 0 Å². The molecular weight excluding hydrogens is 447 g/mol. The predicted molar refractivity (Wildman–Crippen MR) is 126 cm³/mol. The molecule has 0 radical (unpaired) electrons. The fraction of sp³-hybridized carbons (Fsp3) is 0.720. The second-order valence-electron chi connectivity index (χ2n) is 9.29. The summed E-state index contributed by atoms with van der Waals surface area (Å²) in [6.45, 7) is 7.11. The number of pyridine rings is 1. The molecule has 0 bridgehead atoms. The van der Waals surface area contributed by atoms with Crippen LogP contribution in [0.5, 0.6) is 0 Å². The normalized spacial score (nSPS) is 16.1. The molecule has 1 N–H and O–H groups in total. The van der Waals surface area contributed by atoms with Gasteiger partial charge in [0.2, 0.25) is 0 Å². The van der Waals surface area contributed by atoms with Crippen LogP contribution in [0, 0.1) is 0 Å². The molecule has 28 heavy (non-hydrogen) atoms. The number of hydrogen-bond donors (Lipinski definition) is 1. The Morgan fingerprint density at radius 3 is 2.11 bits per heavy atom. The monoisotopic (exact) mass is 490 g/mol. The Morgan fingerprint density at radius 1 is 0.929 bits per heavy atom. The van der Waals surface area contributed by atoms with Crippen molar-refractivity contribution in [1.82, 2.24) is 9.97 Å². The number of H-pyrrole nitrogens is 1. The summed E-state index contributed by atoms with van der Waals surface area (Å²) in [4.78, 5) is 8.50. The van der Waals surface area contributed by atoms with E-state index in [4.69, 9.17) is 4.98 Å². The van der Waals surface area contributed by atoms with Crippen molar-refractivity contribution in [3.05, 3.63) is 24.0 Å². The third-order valence-electron chi connectivity index (χ3n) is 7.23. The number of hydrogen-bond acceptors (Lipinski definition) is 1. The first-order chi connectivity index (χ1) is 13.7. The van der Waals surface area contributed by atoms with Gasteiger partial charge in [-0.1, -0.05) is 0 Å². The maximum absolute atomic E-state index is 4.91. The van der Waals surface area contributed by atoms with Crippen LogP contribution in [0.1, 0.15) is 103 Å². The van der Waals surface area contributed by atoms with E-state index in [0.29, 0.717) is 0 Å². The molecule has 3 rings (SSSR count). The second kappa shape index (κ2) is 11.0. The fourth-order valence-corrected chi connectivity index (χ4v) is 22.0. The van der Waals surface area contributed by atoms with Gasteiger partial charge in [0.25, 0.3) is 0 Å². The summed E-state index contributed by atoms with van der Waals surface area (Å²) in [5.74, 6) is 0.750. The maximum atomic E-state index is 4.91. The first kappa shape index (κ1) is 22.2. The molecule has 2 nitrogen and oxygen atoms in total. The molecule has 2 heterocycles. The van der Waals surface area contributed by atoms with Crippen LogP contribution >= 0.6 is 0 Å². The molecule has 0 unspecified atom stereocenters. The molecule has 2 aromatic rings. The average molecular weight is 489 g/mol. The van der Waals surface area contributed by atoms with Crippen LogP contribution < -0.4 is 3.58 Å². The first-order valence-electron chi connectivity index (χ1n) is 12.2. The van der Waals surface area contributed by atoms with Gasteiger partial charge >= 0.3 is 178 Å². The van der Waals surface area contributed by atoms with Crippen LogP contribution in [0.4, 0.5) is 0 Å². The van der Waals surface area contributed by atoms with E-state index in [0.717, 1.165) is 11.6 Å². The van der Waals surface area contributed by atoms with Crippen molar-refractivity contribution in [3.63, 3.8) is 0 Å². The van der Waals surface area contributed by atoms with Crippen molar-refractivity contribution in [2.24, 2.45) is 0 Å². The summed E-state index contributed by atoms with van der Waals surface area (Å²) in [6.07, 6.45) is 19.8. The van der Waals surface area contributed by atoms with Gasteiger partial charge in [-0.05, 0) is 0 Å². The molecule has 3 heteroatoms. The molecule has 0 saturated heterocycles. The standard InChI is InChI=1S/C13H15N2.3C4H9.Sn/c1-2-4-10(5-3-1)12-8-11-6-7-14-13(11)15-9-12;3*1-3-4-2;/h7-10H,1-5H2,(H,14,15);3*1,3-4H2,2H3;. The summed E-state index contributed by atoms with van der Waals surface area (Å²) >= 11 is -2.42. The molecule has 1 saturated carbocycles. The Hall–Kier alpha value is -0.511. The van der Waals surface area contributed by atoms with Crippen molar-refractivity contribution < 1.29 is 0 Å². The number of fused-ring (bicyclic) bond motifs is 1. The molecule has 0 spiro atoms. The van der Waals surface area contributed by atoms with Crippen molar-refractivity contribution in [2.45, 2.75) is 111 Å². The Balaban J connectivity index is 2.01. The van der Waals surface area contributed by atoms with E-state index in [-0.39, 0.29) is 0 Å². The Labute approximate surface area is 177 Å². The van der Waals surface area contributed by atoms with Gasteiger partial charge in [0.05, 0.1) is 0 Å². The van der Waals surface area contributed by atoms with Gasteiger partial charge in [0.15, 0.2) is 0 Å². The molecule has 1 fully saturated rings. The van der Waals surface area contributed by atoms with Crippen LogP contribution in [0.3, 0.4) is 0 Å². The van der Waals surface area contributed by atoms with E-state index >= 15 is 0 Å². The second-order valence-corrected chi connectivity index (χ2v) is 22.4. The van der Waals surface area contributed by atoms with E-state index in [2.05, 4.69) is 44.2 Å². The van der Waals surface area contributed by atoms with Crippen molar-refractivity contribution in [2.75, 3.05) is 0 Å². The van der Waals surface area contributed by atoms with Crippen LogP contribution in [0.2, 0.25) is 13.3 Å². The number of nitrogens with one attached hydrogen (secondary N) is 1. The van der Waals surface area contributed by atoms with Crippen molar-refractivity contribution in [1.29, 1.82) is 0 Å². The summed E-state index contributed by atoms with van der Waals surface area (Å²) in [5, 5.41) is 1.52. The zero-order valence-corrected chi connectivity index (χ0v) is 21.5. The molecule has 156 valence electrons. The van der Waals surface area contributed by atoms with E-state index in [1.165, 1.54) is 94.9 Å². The van der Waals surface area contributed by atoms with Crippen molar-refractivity contribution >= 4 is 33.0 Å². The first-order valence-corrected chi connectivity index (χ1v) is 19.7. The molecule has 0 aromatic carbocycles. The molecule has 0 atom stereocenters. The Bertz CT molecular complexity index is 693. The number of aromatic nitrogens is 2. The quantitative estimate of drug-likeness (QED) is 0.323. The third-order valence-corrected chi connectivity index (χ3v) is 22.9. The molecule has 0 amide bonds. The fourth-order valence-electron chi connectivity index (χ4n) is 5.44. The van der Waals surface area contributed by atoms with E-state index in [1.54, 1.807) is 3.58 Å². The van der Waals surface area contributed by atoms with Gasteiger partial charge in [0.1, 0.15) is 0 Å². The molecule has 1 aliphatic carbocycles. The van der Waals surface area contributed by atoms with Gasteiger partial charge < -0.3 is 0 Å². The Morgan fingerprint density at radius 2 is 1.54 bits per heavy atom. The topological polar surface area (TPSA) is 28.7 Å². The zero-order chi connectivity index (χ0) is 19.8. The van der Waals surface area contributed by atoms with Crippen LogP contribution in [-0.2, 0) is 0 Å². The van der Waals surface area contributed by atoms with E-state index in [9.17, 15) is 0 Å². The van der Waals surface area contributed by atoms with Gasteiger partial charge in [-0.15, -0.1) is 0 Å². The molecule has 0 aliphatic heterocycles. The number of rotatable bonds is 11. The van der Waals surface area contributed by atoms with Gasteiger partial charge in [-0.25, -0.2) is 0 Å². The van der Waals surface area contributed by atoms with Gasteiger partial charge in [-0.3, -0.25) is 0 Å². The van der Waals surface area contributed by atoms with E-state index < -0.39 is 18.4 Å². The third kappa shape index (κ3) is 5.15. The number of unbranched alkanes of at least 4 members (excludes halogenated alkanes) is 3. The molecular formula is C25H42N2Sn. The number of aromatic amines is 1. The minimum atomic E-state index is -2.42. The van der Waals surface area contributed by atoms with Crippen LogP contribution in [0.15, 0.2) is 18.5 Å². The summed E-state index contributed by atoms with van der Waals surface area (Å²) in [6, 6.07) is 2.57. The molecule has 1 aliphatic rings. The summed E-state index contributed by atoms with van der Waals surface area (Å²) in [7, 11) is 0. The average Bonchev–Trinajstić information content (AvgIpc) is 3.18. The van der Waals surface area contributed by atoms with Crippen LogP contribution in [-0.4, -0.2) is 28.3 Å². The number of nitrogens with zero attached hydrogens (tertiary/aromatic N) is 1. The predicted octanol–water partition coefficient (Wildman–Crippen LogP) is 7.67. The van der Waals surface area contributed by atoms with E-state index in [1.807, 2.05) is 0 Å². The van der Waals surface area contributed by atoms with Gasteiger partial charge in [-0.2, -0.15) is 0 Å². The SMILES string of the molecule is CCC[CH2][Sn]([CH2]CCC)([CH2]CCC)[c]1c[nH]c2ncc(C3CCCCC3)cc12. The molecule has 2 aromatic heterocycles. The van der Waals surface area contributed by atoms with Crippen LogP contribution in [0.25, 0.3) is 11.0 Å². The summed E-state index contributed by atoms with van der Waals surface area (Å²) < 4.78 is 6.38. The zero-order valence-electron chi connectivity index (χ0n) is 18.7.